The van der Waals surface area contributed by atoms with Gasteiger partial charge in [-0.1, -0.05) is 15.9 Å². The average molecular weight is 415 g/mol. The van der Waals surface area contributed by atoms with Gasteiger partial charge in [0.2, 0.25) is 0 Å². The molecular weight excluding hydrogens is 398 g/mol. The molecule has 0 saturated carbocycles. The molecule has 0 aliphatic heterocycles. The van der Waals surface area contributed by atoms with Gasteiger partial charge in [-0.2, -0.15) is 0 Å². The van der Waals surface area contributed by atoms with Crippen molar-refractivity contribution in [3.05, 3.63) is 50.9 Å². The second kappa shape index (κ2) is 7.71. The zero-order valence-corrected chi connectivity index (χ0v) is 15.1. The predicted octanol–water partition coefficient (Wildman–Crippen LogP) is 5.23. The summed E-state index contributed by atoms with van der Waals surface area (Å²) in [6.45, 7) is 3.30. The molecule has 1 N–H and O–H groups in total. The number of rotatable bonds is 6. The van der Waals surface area contributed by atoms with E-state index in [-0.39, 0.29) is 0 Å². The Morgan fingerprint density at radius 1 is 1.10 bits per heavy atom. The first-order valence-corrected chi connectivity index (χ1v) is 8.21. The van der Waals surface area contributed by atoms with Crippen molar-refractivity contribution in [1.82, 2.24) is 0 Å². The quantitative estimate of drug-likeness (QED) is 0.701. The molecule has 21 heavy (non-hydrogen) atoms. The van der Waals surface area contributed by atoms with Crippen molar-refractivity contribution < 1.29 is 9.47 Å². The Morgan fingerprint density at radius 2 is 1.81 bits per heavy atom. The SMILES string of the molecule is CCOc1c(Br)cc(Br)cc1CNc1ccc(OC)cc1. The van der Waals surface area contributed by atoms with Gasteiger partial charge in [-0.05, 0) is 59.3 Å². The Bertz CT molecular complexity index is 600. The number of hydrogen-bond donors (Lipinski definition) is 1. The van der Waals surface area contributed by atoms with Crippen LogP contribution in [0.25, 0.3) is 0 Å². The molecule has 0 heterocycles. The maximum Gasteiger partial charge on any atom is 0.138 e. The van der Waals surface area contributed by atoms with Crippen LogP contribution in [0.4, 0.5) is 5.69 Å². The van der Waals surface area contributed by atoms with Crippen molar-refractivity contribution in [1.29, 1.82) is 0 Å². The summed E-state index contributed by atoms with van der Waals surface area (Å²) in [5.74, 6) is 1.72. The third kappa shape index (κ3) is 4.38. The molecule has 2 aromatic rings. The smallest absolute Gasteiger partial charge is 0.138 e. The summed E-state index contributed by atoms with van der Waals surface area (Å²) in [4.78, 5) is 0. The molecule has 0 radical (unpaired) electrons. The van der Waals surface area contributed by atoms with Gasteiger partial charge in [0.1, 0.15) is 11.5 Å². The van der Waals surface area contributed by atoms with Gasteiger partial charge in [0.25, 0.3) is 0 Å². The van der Waals surface area contributed by atoms with E-state index in [1.165, 1.54) is 0 Å². The van der Waals surface area contributed by atoms with Gasteiger partial charge in [0.15, 0.2) is 0 Å². The number of benzene rings is 2. The predicted molar refractivity (Wildman–Crippen MR) is 93.3 cm³/mol. The number of anilines is 1. The number of methoxy groups -OCH3 is 1. The summed E-state index contributed by atoms with van der Waals surface area (Å²) >= 11 is 7.06. The standard InChI is InChI=1S/C16H17Br2NO2/c1-3-21-16-11(8-12(17)9-15(16)18)10-19-13-4-6-14(20-2)7-5-13/h4-9,19H,3,10H2,1-2H3. The molecule has 0 atom stereocenters. The fourth-order valence-corrected chi connectivity index (χ4v) is 3.39. The van der Waals surface area contributed by atoms with E-state index in [9.17, 15) is 0 Å². The molecule has 2 rings (SSSR count). The molecule has 0 spiro atoms. The fourth-order valence-electron chi connectivity index (χ4n) is 1.96. The Hall–Kier alpha value is -1.20. The van der Waals surface area contributed by atoms with Crippen molar-refractivity contribution in [2.24, 2.45) is 0 Å². The van der Waals surface area contributed by atoms with Crippen molar-refractivity contribution >= 4 is 37.5 Å². The van der Waals surface area contributed by atoms with Gasteiger partial charge in [-0.25, -0.2) is 0 Å². The first-order chi connectivity index (χ1) is 10.1. The van der Waals surface area contributed by atoms with Crippen molar-refractivity contribution in [2.45, 2.75) is 13.5 Å². The van der Waals surface area contributed by atoms with Crippen molar-refractivity contribution in [3.63, 3.8) is 0 Å². The van der Waals surface area contributed by atoms with Crippen LogP contribution in [-0.4, -0.2) is 13.7 Å². The van der Waals surface area contributed by atoms with Crippen LogP contribution in [0.3, 0.4) is 0 Å². The molecule has 0 aliphatic rings. The van der Waals surface area contributed by atoms with Crippen LogP contribution < -0.4 is 14.8 Å². The minimum Gasteiger partial charge on any atom is -0.497 e. The molecule has 0 fully saturated rings. The third-order valence-electron chi connectivity index (χ3n) is 2.95. The van der Waals surface area contributed by atoms with Crippen LogP contribution >= 0.6 is 31.9 Å². The Morgan fingerprint density at radius 3 is 2.43 bits per heavy atom. The zero-order valence-electron chi connectivity index (χ0n) is 12.0. The lowest BCUT2D eigenvalue weighted by atomic mass is 10.2. The third-order valence-corrected chi connectivity index (χ3v) is 3.99. The second-order valence-electron chi connectivity index (χ2n) is 4.39. The van der Waals surface area contributed by atoms with Crippen LogP contribution in [0.1, 0.15) is 12.5 Å². The van der Waals surface area contributed by atoms with Crippen LogP contribution in [0.15, 0.2) is 45.3 Å². The molecule has 112 valence electrons. The number of ether oxygens (including phenoxy) is 2. The van der Waals surface area contributed by atoms with Gasteiger partial charge in [-0.15, -0.1) is 0 Å². The zero-order chi connectivity index (χ0) is 15.2. The Kier molecular flexibility index (Phi) is 5.94. The van der Waals surface area contributed by atoms with Crippen molar-refractivity contribution in [2.75, 3.05) is 19.0 Å². The monoisotopic (exact) mass is 413 g/mol. The highest BCUT2D eigenvalue weighted by Gasteiger charge is 2.10. The molecule has 0 unspecified atom stereocenters. The van der Waals surface area contributed by atoms with Gasteiger partial charge in [0.05, 0.1) is 18.2 Å². The largest absolute Gasteiger partial charge is 0.497 e. The van der Waals surface area contributed by atoms with Crippen LogP contribution in [0.2, 0.25) is 0 Å². The lowest BCUT2D eigenvalue weighted by Gasteiger charge is -2.14. The highest BCUT2D eigenvalue weighted by molar-refractivity contribution is 9.11. The number of nitrogens with one attached hydrogen (secondary N) is 1. The molecule has 0 aliphatic carbocycles. The topological polar surface area (TPSA) is 30.5 Å². The molecule has 3 nitrogen and oxygen atoms in total. The second-order valence-corrected chi connectivity index (χ2v) is 6.16. The number of halogens is 2. The summed E-state index contributed by atoms with van der Waals surface area (Å²) in [7, 11) is 1.66. The van der Waals surface area contributed by atoms with E-state index in [4.69, 9.17) is 9.47 Å². The van der Waals surface area contributed by atoms with Gasteiger partial charge in [0, 0.05) is 22.3 Å². The van der Waals surface area contributed by atoms with E-state index in [2.05, 4.69) is 43.2 Å². The van der Waals surface area contributed by atoms with Crippen LogP contribution in [0.5, 0.6) is 11.5 Å². The fraction of sp³-hybridized carbons (Fsp3) is 0.250. The van der Waals surface area contributed by atoms with Gasteiger partial charge < -0.3 is 14.8 Å². The molecule has 0 aromatic heterocycles. The van der Waals surface area contributed by atoms with E-state index in [0.29, 0.717) is 13.2 Å². The molecule has 0 saturated heterocycles. The first-order valence-electron chi connectivity index (χ1n) is 6.62. The lowest BCUT2D eigenvalue weighted by Crippen LogP contribution is -2.04. The van der Waals surface area contributed by atoms with Crippen molar-refractivity contribution in [3.8, 4) is 11.5 Å². The van der Waals surface area contributed by atoms with E-state index in [1.54, 1.807) is 7.11 Å². The highest BCUT2D eigenvalue weighted by Crippen LogP contribution is 2.33. The van der Waals surface area contributed by atoms with E-state index in [0.717, 1.165) is 31.7 Å². The summed E-state index contributed by atoms with van der Waals surface area (Å²) in [6, 6.07) is 11.9. The lowest BCUT2D eigenvalue weighted by molar-refractivity contribution is 0.334. The summed E-state index contributed by atoms with van der Waals surface area (Å²) in [6.07, 6.45) is 0. The van der Waals surface area contributed by atoms with Gasteiger partial charge >= 0.3 is 0 Å². The van der Waals surface area contributed by atoms with E-state index < -0.39 is 0 Å². The molecule has 0 amide bonds. The first kappa shape index (κ1) is 16.2. The number of hydrogen-bond acceptors (Lipinski definition) is 3. The van der Waals surface area contributed by atoms with E-state index in [1.807, 2.05) is 37.3 Å². The highest BCUT2D eigenvalue weighted by atomic mass is 79.9. The Labute approximate surface area is 141 Å². The van der Waals surface area contributed by atoms with Crippen LogP contribution in [0, 0.1) is 0 Å². The summed E-state index contributed by atoms with van der Waals surface area (Å²) < 4.78 is 12.8. The Balaban J connectivity index is 2.14. The van der Waals surface area contributed by atoms with E-state index >= 15 is 0 Å². The normalized spacial score (nSPS) is 10.3. The summed E-state index contributed by atoms with van der Waals surface area (Å²) in [5, 5.41) is 3.39. The average Bonchev–Trinajstić information content (AvgIpc) is 2.48. The maximum atomic E-state index is 5.72. The minimum atomic E-state index is 0.635. The molecule has 0 bridgehead atoms. The summed E-state index contributed by atoms with van der Waals surface area (Å²) in [5.41, 5.74) is 2.13. The van der Waals surface area contributed by atoms with Gasteiger partial charge in [-0.3, -0.25) is 0 Å². The molecule has 5 heteroatoms. The minimum absolute atomic E-state index is 0.635. The molecule has 2 aromatic carbocycles. The van der Waals surface area contributed by atoms with Crippen LogP contribution in [-0.2, 0) is 6.54 Å². The molecular formula is C16H17Br2NO2. The maximum absolute atomic E-state index is 5.72.